The fraction of sp³-hybridized carbons (Fsp3) is 0.417. The highest BCUT2D eigenvalue weighted by atomic mass is 16.5. The molecule has 0 unspecified atom stereocenters. The molecule has 8 heteroatoms. The Labute approximate surface area is 114 Å². The third-order valence-electron chi connectivity index (χ3n) is 3.47. The molecule has 0 bridgehead atoms. The van der Waals surface area contributed by atoms with Gasteiger partial charge in [-0.15, -0.1) is 0 Å². The van der Waals surface area contributed by atoms with E-state index in [2.05, 4.69) is 15.0 Å². The molecule has 4 N–H and O–H groups in total. The quantitative estimate of drug-likeness (QED) is 0.621. The number of methoxy groups -OCH3 is 1. The van der Waals surface area contributed by atoms with Gasteiger partial charge in [-0.05, 0) is 11.6 Å². The van der Waals surface area contributed by atoms with E-state index < -0.39 is 18.3 Å². The van der Waals surface area contributed by atoms with Crippen molar-refractivity contribution in [3.05, 3.63) is 24.3 Å². The first-order chi connectivity index (χ1) is 9.61. The topological polar surface area (TPSA) is 119 Å². The first-order valence-corrected chi connectivity index (χ1v) is 6.12. The third-order valence-corrected chi connectivity index (χ3v) is 3.47. The van der Waals surface area contributed by atoms with Gasteiger partial charge in [-0.2, -0.15) is 0 Å². The highest BCUT2D eigenvalue weighted by molar-refractivity contribution is 5.81. The summed E-state index contributed by atoms with van der Waals surface area (Å²) in [7, 11) is 1.49. The van der Waals surface area contributed by atoms with Gasteiger partial charge < -0.3 is 25.3 Å². The van der Waals surface area contributed by atoms with Crippen LogP contribution in [0.15, 0.2) is 24.3 Å². The number of rotatable bonds is 3. The summed E-state index contributed by atoms with van der Waals surface area (Å²) in [6, 6.07) is 0. The molecule has 0 radical (unpaired) electrons. The van der Waals surface area contributed by atoms with Crippen molar-refractivity contribution in [1.82, 2.24) is 19.5 Å². The SMILES string of the molecule is CO[C@H]1C=C(Cn2cnc3c(N)ncnc32)[C@H](O)[C@@H]1O. The molecule has 8 nitrogen and oxygen atoms in total. The predicted octanol–water partition coefficient (Wildman–Crippen LogP) is -0.915. The largest absolute Gasteiger partial charge is 0.387 e. The van der Waals surface area contributed by atoms with Crippen molar-refractivity contribution in [3.8, 4) is 0 Å². The molecule has 0 aromatic carbocycles. The van der Waals surface area contributed by atoms with Crippen LogP contribution in [-0.2, 0) is 11.3 Å². The van der Waals surface area contributed by atoms with Gasteiger partial charge in [0, 0.05) is 13.7 Å². The number of nitrogen functional groups attached to an aromatic ring is 1. The molecule has 0 saturated carbocycles. The normalized spacial score (nSPS) is 26.1. The molecule has 2 aromatic heterocycles. The maximum Gasteiger partial charge on any atom is 0.165 e. The summed E-state index contributed by atoms with van der Waals surface area (Å²) < 4.78 is 6.84. The van der Waals surface area contributed by atoms with Crippen molar-refractivity contribution in [2.75, 3.05) is 12.8 Å². The number of imidazole rings is 1. The summed E-state index contributed by atoms with van der Waals surface area (Å²) in [6.07, 6.45) is 2.24. The van der Waals surface area contributed by atoms with Crippen molar-refractivity contribution in [1.29, 1.82) is 0 Å². The van der Waals surface area contributed by atoms with Gasteiger partial charge in [0.2, 0.25) is 0 Å². The van der Waals surface area contributed by atoms with Gasteiger partial charge >= 0.3 is 0 Å². The number of hydrogen-bond donors (Lipinski definition) is 3. The lowest BCUT2D eigenvalue weighted by Gasteiger charge is -2.16. The number of anilines is 1. The zero-order chi connectivity index (χ0) is 14.3. The summed E-state index contributed by atoms with van der Waals surface area (Å²) in [6.45, 7) is 0.352. The Hall–Kier alpha value is -2.03. The average Bonchev–Trinajstić information content (AvgIpc) is 2.97. The second-order valence-corrected chi connectivity index (χ2v) is 4.68. The minimum atomic E-state index is -0.961. The van der Waals surface area contributed by atoms with Gasteiger partial charge in [-0.3, -0.25) is 0 Å². The molecule has 3 atom stereocenters. The molecule has 106 valence electrons. The van der Waals surface area contributed by atoms with E-state index in [1.165, 1.54) is 13.4 Å². The molecule has 3 rings (SSSR count). The Balaban J connectivity index is 1.92. The second-order valence-electron chi connectivity index (χ2n) is 4.68. The zero-order valence-corrected chi connectivity index (χ0v) is 10.8. The molecular formula is C12H15N5O3. The number of aliphatic hydroxyl groups is 2. The summed E-state index contributed by atoms with van der Waals surface area (Å²) in [5.74, 6) is 0.310. The molecule has 1 aliphatic carbocycles. The van der Waals surface area contributed by atoms with Crippen molar-refractivity contribution in [3.63, 3.8) is 0 Å². The minimum Gasteiger partial charge on any atom is -0.387 e. The smallest absolute Gasteiger partial charge is 0.165 e. The van der Waals surface area contributed by atoms with E-state index in [-0.39, 0.29) is 0 Å². The van der Waals surface area contributed by atoms with Crippen LogP contribution in [-0.4, -0.2) is 55.2 Å². The molecule has 2 heterocycles. The van der Waals surface area contributed by atoms with Crippen LogP contribution < -0.4 is 5.73 Å². The van der Waals surface area contributed by atoms with E-state index in [0.29, 0.717) is 29.1 Å². The van der Waals surface area contributed by atoms with Gasteiger partial charge in [-0.1, -0.05) is 0 Å². The van der Waals surface area contributed by atoms with E-state index >= 15 is 0 Å². The van der Waals surface area contributed by atoms with E-state index in [4.69, 9.17) is 10.5 Å². The standard InChI is InChI=1S/C12H15N5O3/c1-20-7-2-6(9(18)10(7)19)3-17-5-16-8-11(13)14-4-15-12(8)17/h2,4-5,7,9-10,18-19H,3H2,1H3,(H2,13,14,15)/t7-,9-,10+/m0/s1. The molecule has 0 amide bonds. The third kappa shape index (κ3) is 1.94. The van der Waals surface area contributed by atoms with Crippen molar-refractivity contribution in [2.24, 2.45) is 0 Å². The molecule has 0 aliphatic heterocycles. The first kappa shape index (κ1) is 13.0. The lowest BCUT2D eigenvalue weighted by atomic mass is 10.1. The van der Waals surface area contributed by atoms with Crippen LogP contribution in [0.25, 0.3) is 11.2 Å². The summed E-state index contributed by atoms with van der Waals surface area (Å²) in [5, 5.41) is 19.8. The molecule has 2 aromatic rings. The Kier molecular flexibility index (Phi) is 3.13. The Bertz CT molecular complexity index is 668. The lowest BCUT2D eigenvalue weighted by molar-refractivity contribution is -0.0289. The van der Waals surface area contributed by atoms with Crippen molar-refractivity contribution < 1.29 is 14.9 Å². The van der Waals surface area contributed by atoms with Crippen LogP contribution in [0.3, 0.4) is 0 Å². The van der Waals surface area contributed by atoms with Gasteiger partial charge in [0.15, 0.2) is 11.5 Å². The van der Waals surface area contributed by atoms with E-state index in [1.807, 2.05) is 0 Å². The van der Waals surface area contributed by atoms with Crippen LogP contribution in [0.5, 0.6) is 0 Å². The maximum absolute atomic E-state index is 9.99. The van der Waals surface area contributed by atoms with Crippen LogP contribution in [0.4, 0.5) is 5.82 Å². The van der Waals surface area contributed by atoms with Crippen LogP contribution >= 0.6 is 0 Å². The molecule has 20 heavy (non-hydrogen) atoms. The molecule has 1 aliphatic rings. The summed E-state index contributed by atoms with van der Waals surface area (Å²) in [4.78, 5) is 12.2. The van der Waals surface area contributed by atoms with Crippen molar-refractivity contribution >= 4 is 17.0 Å². The van der Waals surface area contributed by atoms with E-state index in [9.17, 15) is 10.2 Å². The van der Waals surface area contributed by atoms with Gasteiger partial charge in [0.25, 0.3) is 0 Å². The summed E-state index contributed by atoms with van der Waals surface area (Å²) in [5.41, 5.74) is 7.48. The number of nitrogens with two attached hydrogens (primary N) is 1. The number of aliphatic hydroxyl groups excluding tert-OH is 2. The fourth-order valence-electron chi connectivity index (χ4n) is 2.37. The molecule has 0 saturated heterocycles. The fourth-order valence-corrected chi connectivity index (χ4v) is 2.37. The second kappa shape index (κ2) is 4.82. The minimum absolute atomic E-state index is 0.310. The maximum atomic E-state index is 9.99. The zero-order valence-electron chi connectivity index (χ0n) is 10.8. The van der Waals surface area contributed by atoms with Crippen molar-refractivity contribution in [2.45, 2.75) is 24.9 Å². The van der Waals surface area contributed by atoms with Crippen LogP contribution in [0, 0.1) is 0 Å². The van der Waals surface area contributed by atoms with Gasteiger partial charge in [0.05, 0.1) is 6.33 Å². The van der Waals surface area contributed by atoms with Gasteiger partial charge in [-0.25, -0.2) is 15.0 Å². The number of aromatic nitrogens is 4. The van der Waals surface area contributed by atoms with E-state index in [0.717, 1.165) is 0 Å². The summed E-state index contributed by atoms with van der Waals surface area (Å²) >= 11 is 0. The predicted molar refractivity (Wildman–Crippen MR) is 70.6 cm³/mol. The average molecular weight is 277 g/mol. The molecular weight excluding hydrogens is 262 g/mol. The monoisotopic (exact) mass is 277 g/mol. The Morgan fingerprint density at radius 1 is 1.35 bits per heavy atom. The highest BCUT2D eigenvalue weighted by Gasteiger charge is 2.34. The lowest BCUT2D eigenvalue weighted by Crippen LogP contribution is -2.32. The van der Waals surface area contributed by atoms with Gasteiger partial charge in [0.1, 0.15) is 30.2 Å². The number of ether oxygens (including phenoxy) is 1. The number of nitrogens with zero attached hydrogens (tertiary/aromatic N) is 4. The highest BCUT2D eigenvalue weighted by Crippen LogP contribution is 2.25. The first-order valence-electron chi connectivity index (χ1n) is 6.12. The Morgan fingerprint density at radius 2 is 2.15 bits per heavy atom. The van der Waals surface area contributed by atoms with Crippen LogP contribution in [0.2, 0.25) is 0 Å². The van der Waals surface area contributed by atoms with Crippen LogP contribution in [0.1, 0.15) is 0 Å². The molecule has 0 spiro atoms. The number of hydrogen-bond acceptors (Lipinski definition) is 7. The number of fused-ring (bicyclic) bond motifs is 1. The Morgan fingerprint density at radius 3 is 2.85 bits per heavy atom. The molecule has 0 fully saturated rings. The van der Waals surface area contributed by atoms with E-state index in [1.54, 1.807) is 17.0 Å².